The van der Waals surface area contributed by atoms with E-state index in [-0.39, 0.29) is 0 Å². The van der Waals surface area contributed by atoms with E-state index in [1.165, 1.54) is 32.9 Å². The number of aromatic nitrogens is 3. The zero-order chi connectivity index (χ0) is 32.8. The van der Waals surface area contributed by atoms with Gasteiger partial charge in [0, 0.05) is 32.7 Å². The molecule has 11 rings (SSSR count). The molecule has 0 saturated carbocycles. The van der Waals surface area contributed by atoms with Gasteiger partial charge in [0.1, 0.15) is 11.5 Å². The molecular formula is C46H29N3O. The van der Waals surface area contributed by atoms with Crippen LogP contribution in [-0.2, 0) is 5.41 Å². The molecule has 0 amide bonds. The van der Waals surface area contributed by atoms with Crippen LogP contribution in [0, 0.1) is 0 Å². The van der Waals surface area contributed by atoms with Crippen LogP contribution in [0.5, 0.6) is 11.5 Å². The second-order valence-electron chi connectivity index (χ2n) is 13.2. The van der Waals surface area contributed by atoms with E-state index in [0.717, 1.165) is 62.1 Å². The molecule has 0 bridgehead atoms. The van der Waals surface area contributed by atoms with Crippen molar-refractivity contribution in [3.05, 3.63) is 190 Å². The highest BCUT2D eigenvalue weighted by molar-refractivity contribution is 5.97. The molecule has 4 heteroatoms. The smallest absolute Gasteiger partial charge is 0.235 e. The van der Waals surface area contributed by atoms with Gasteiger partial charge in [-0.3, -0.25) is 4.57 Å². The van der Waals surface area contributed by atoms with Gasteiger partial charge in [0.2, 0.25) is 5.95 Å². The van der Waals surface area contributed by atoms with Crippen LogP contribution in [0.3, 0.4) is 0 Å². The molecule has 2 aliphatic carbocycles. The largest absolute Gasteiger partial charge is 0.457 e. The Morgan fingerprint density at radius 1 is 0.580 bits per heavy atom. The van der Waals surface area contributed by atoms with Crippen molar-refractivity contribution in [1.29, 1.82) is 0 Å². The van der Waals surface area contributed by atoms with Gasteiger partial charge in [-0.15, -0.1) is 0 Å². The Bertz CT molecular complexity index is 2840. The number of hydrogen-bond donors (Lipinski definition) is 0. The average molecular weight is 640 g/mol. The molecule has 0 radical (unpaired) electrons. The fourth-order valence-electron chi connectivity index (χ4n) is 8.76. The minimum absolute atomic E-state index is 0.562. The lowest BCUT2D eigenvalue weighted by Gasteiger charge is -2.40. The van der Waals surface area contributed by atoms with E-state index in [4.69, 9.17) is 14.7 Å². The number of allylic oxidation sites excluding steroid dienone is 2. The van der Waals surface area contributed by atoms with E-state index < -0.39 is 5.41 Å². The second-order valence-corrected chi connectivity index (χ2v) is 13.2. The number of para-hydroxylation sites is 4. The van der Waals surface area contributed by atoms with Crippen LogP contribution >= 0.6 is 0 Å². The van der Waals surface area contributed by atoms with Gasteiger partial charge < -0.3 is 4.74 Å². The van der Waals surface area contributed by atoms with Crippen LogP contribution in [-0.4, -0.2) is 14.5 Å². The highest BCUT2D eigenvalue weighted by Crippen LogP contribution is 2.62. The number of rotatable bonds is 2. The zero-order valence-electron chi connectivity index (χ0n) is 27.0. The van der Waals surface area contributed by atoms with Crippen molar-refractivity contribution < 1.29 is 4.74 Å². The molecule has 0 unspecified atom stereocenters. The van der Waals surface area contributed by atoms with E-state index >= 15 is 0 Å². The van der Waals surface area contributed by atoms with Gasteiger partial charge in [-0.25, -0.2) is 9.97 Å². The number of fused-ring (bicyclic) bond motifs is 12. The number of ether oxygens (including phenoxy) is 1. The molecular weight excluding hydrogens is 611 g/mol. The standard InChI is InChI=1S/C46H29N3O/c1-2-14-29(15-3-1)44-34-18-5-10-22-39(34)47-45(48-44)49-40-23-11-6-17-32(40)33-27-26-31-30-16-4-7-19-35(30)46(38(31)28-41(33)49)36-20-8-12-24-42(36)50-43-25-13-9-21-37(43)46/h1-25,27-28H,26H2. The molecule has 3 heterocycles. The lowest BCUT2D eigenvalue weighted by Crippen LogP contribution is -2.35. The van der Waals surface area contributed by atoms with Gasteiger partial charge >= 0.3 is 0 Å². The highest BCUT2D eigenvalue weighted by atomic mass is 16.5. The van der Waals surface area contributed by atoms with Gasteiger partial charge in [0.25, 0.3) is 0 Å². The fraction of sp³-hybridized carbons (Fsp3) is 0.0435. The molecule has 0 fully saturated rings. The summed E-state index contributed by atoms with van der Waals surface area (Å²) in [6, 6.07) is 53.5. The summed E-state index contributed by atoms with van der Waals surface area (Å²) in [5, 5.41) is 4.51. The number of nitrogens with zero attached hydrogens (tertiary/aromatic N) is 3. The van der Waals surface area contributed by atoms with Crippen molar-refractivity contribution in [3.63, 3.8) is 0 Å². The Morgan fingerprint density at radius 2 is 1.22 bits per heavy atom. The first-order valence-corrected chi connectivity index (χ1v) is 17.1. The molecule has 4 nitrogen and oxygen atoms in total. The third kappa shape index (κ3) is 3.60. The summed E-state index contributed by atoms with van der Waals surface area (Å²) in [5.41, 5.74) is 10.9. The Morgan fingerprint density at radius 3 is 2.02 bits per heavy atom. The lowest BCUT2D eigenvalue weighted by atomic mass is 9.65. The lowest BCUT2D eigenvalue weighted by molar-refractivity contribution is 0.436. The van der Waals surface area contributed by atoms with Crippen molar-refractivity contribution in [1.82, 2.24) is 14.5 Å². The molecule has 50 heavy (non-hydrogen) atoms. The van der Waals surface area contributed by atoms with E-state index in [1.54, 1.807) is 0 Å². The van der Waals surface area contributed by atoms with Crippen LogP contribution in [0.2, 0.25) is 0 Å². The highest BCUT2D eigenvalue weighted by Gasteiger charge is 2.51. The number of hydrogen-bond acceptors (Lipinski definition) is 3. The zero-order valence-corrected chi connectivity index (χ0v) is 27.0. The summed E-state index contributed by atoms with van der Waals surface area (Å²) >= 11 is 0. The normalized spacial score (nSPS) is 14.9. The average Bonchev–Trinajstić information content (AvgIpc) is 3.54. The third-order valence-electron chi connectivity index (χ3n) is 10.8. The first-order chi connectivity index (χ1) is 24.8. The van der Waals surface area contributed by atoms with E-state index in [0.29, 0.717) is 5.95 Å². The van der Waals surface area contributed by atoms with E-state index in [2.05, 4.69) is 162 Å². The van der Waals surface area contributed by atoms with E-state index in [9.17, 15) is 0 Å². The summed E-state index contributed by atoms with van der Waals surface area (Å²) in [4.78, 5) is 10.7. The SMILES string of the molecule is C1=c2c(n(-c3nc(-c4ccccc4)c4ccccc4n3)c3ccccc23)=CC2=C(C1)c1ccccc1C21c2ccccc2Oc2ccccc21. The molecule has 2 aromatic heterocycles. The maximum Gasteiger partial charge on any atom is 0.235 e. The Balaban J connectivity index is 1.29. The maximum absolute atomic E-state index is 6.63. The van der Waals surface area contributed by atoms with Gasteiger partial charge in [-0.1, -0.05) is 133 Å². The minimum atomic E-state index is -0.562. The van der Waals surface area contributed by atoms with Gasteiger partial charge in [-0.2, -0.15) is 0 Å². The van der Waals surface area contributed by atoms with Crippen molar-refractivity contribution in [2.24, 2.45) is 0 Å². The van der Waals surface area contributed by atoms with Crippen molar-refractivity contribution in [2.75, 3.05) is 0 Å². The Kier molecular flexibility index (Phi) is 5.62. The molecule has 0 N–H and O–H groups in total. The van der Waals surface area contributed by atoms with Crippen molar-refractivity contribution >= 4 is 39.5 Å². The van der Waals surface area contributed by atoms with Gasteiger partial charge in [0.05, 0.1) is 27.5 Å². The molecule has 1 spiro atoms. The fourth-order valence-corrected chi connectivity index (χ4v) is 8.76. The molecule has 8 aromatic rings. The Labute approximate surface area is 288 Å². The van der Waals surface area contributed by atoms with E-state index in [1.807, 2.05) is 6.07 Å². The maximum atomic E-state index is 6.63. The molecule has 234 valence electrons. The van der Waals surface area contributed by atoms with Crippen LogP contribution in [0.15, 0.2) is 157 Å². The van der Waals surface area contributed by atoms with Crippen LogP contribution in [0.25, 0.3) is 56.7 Å². The van der Waals surface area contributed by atoms with Crippen molar-refractivity contribution in [3.8, 4) is 28.7 Å². The quantitative estimate of drug-likeness (QED) is 0.189. The van der Waals surface area contributed by atoms with Gasteiger partial charge in [0.15, 0.2) is 0 Å². The summed E-state index contributed by atoms with van der Waals surface area (Å²) in [6.45, 7) is 0. The first kappa shape index (κ1) is 27.4. The van der Waals surface area contributed by atoms with Crippen LogP contribution in [0.1, 0.15) is 28.7 Å². The van der Waals surface area contributed by atoms with Crippen LogP contribution in [0.4, 0.5) is 0 Å². The Hall–Kier alpha value is -6.52. The second kappa shape index (κ2) is 10.2. The third-order valence-corrected chi connectivity index (χ3v) is 10.8. The van der Waals surface area contributed by atoms with Crippen molar-refractivity contribution in [2.45, 2.75) is 11.8 Å². The number of benzene rings is 6. The van der Waals surface area contributed by atoms with Crippen LogP contribution < -0.4 is 15.3 Å². The molecule has 0 saturated heterocycles. The summed E-state index contributed by atoms with van der Waals surface area (Å²) in [7, 11) is 0. The minimum Gasteiger partial charge on any atom is -0.457 e. The monoisotopic (exact) mass is 639 g/mol. The summed E-state index contributed by atoms with van der Waals surface area (Å²) < 4.78 is 8.91. The molecule has 1 aliphatic heterocycles. The molecule has 6 aromatic carbocycles. The summed E-state index contributed by atoms with van der Waals surface area (Å²) in [6.07, 6.45) is 5.65. The predicted octanol–water partition coefficient (Wildman–Crippen LogP) is 9.11. The molecule has 3 aliphatic rings. The van der Waals surface area contributed by atoms with Gasteiger partial charge in [-0.05, 0) is 59.0 Å². The molecule has 0 atom stereocenters. The first-order valence-electron chi connectivity index (χ1n) is 17.1. The predicted molar refractivity (Wildman–Crippen MR) is 201 cm³/mol. The summed E-state index contributed by atoms with van der Waals surface area (Å²) in [5.74, 6) is 2.44. The topological polar surface area (TPSA) is 39.9 Å².